The van der Waals surface area contributed by atoms with Gasteiger partial charge in [0.2, 0.25) is 5.91 Å². The predicted octanol–water partition coefficient (Wildman–Crippen LogP) is 2.88. The molecule has 1 amide bonds. The third-order valence-corrected chi connectivity index (χ3v) is 5.67. The maximum Gasteiger partial charge on any atom is 0.228 e. The van der Waals surface area contributed by atoms with Gasteiger partial charge >= 0.3 is 0 Å². The van der Waals surface area contributed by atoms with Gasteiger partial charge in [-0.2, -0.15) is 0 Å². The van der Waals surface area contributed by atoms with Gasteiger partial charge in [0.1, 0.15) is 11.5 Å². The van der Waals surface area contributed by atoms with Crippen LogP contribution in [0.15, 0.2) is 41.1 Å². The smallest absolute Gasteiger partial charge is 0.228 e. The Labute approximate surface area is 148 Å². The molecule has 0 saturated carbocycles. The number of hydrogen-bond donors (Lipinski definition) is 1. The molecule has 0 bridgehead atoms. The average molecular weight is 339 g/mol. The highest BCUT2D eigenvalue weighted by atomic mass is 16.3. The number of aryl methyl sites for hydroxylation is 1. The number of aromatic nitrogens is 1. The molecule has 2 aliphatic rings. The molecule has 4 heterocycles. The molecule has 0 aromatic carbocycles. The van der Waals surface area contributed by atoms with E-state index in [1.54, 1.807) is 12.4 Å². The molecule has 25 heavy (non-hydrogen) atoms. The number of piperidine rings is 1. The average Bonchev–Trinajstić information content (AvgIpc) is 3.22. The van der Waals surface area contributed by atoms with Crippen LogP contribution in [0, 0.1) is 0 Å². The van der Waals surface area contributed by atoms with Gasteiger partial charge in [0.15, 0.2) is 0 Å². The van der Waals surface area contributed by atoms with Crippen molar-refractivity contribution in [2.45, 2.75) is 50.6 Å². The van der Waals surface area contributed by atoms with Crippen LogP contribution in [0.25, 0.3) is 0 Å². The summed E-state index contributed by atoms with van der Waals surface area (Å²) < 4.78 is 5.83. The Bertz CT molecular complexity index is 732. The van der Waals surface area contributed by atoms with Crippen molar-refractivity contribution in [3.63, 3.8) is 0 Å². The fraction of sp³-hybridized carbons (Fsp3) is 0.500. The number of nitrogens with one attached hydrogen (secondary N) is 1. The minimum Gasteiger partial charge on any atom is -0.465 e. The topological polar surface area (TPSA) is 58.4 Å². The Balaban J connectivity index is 1.37. The Hall–Kier alpha value is -2.14. The monoisotopic (exact) mass is 339 g/mol. The largest absolute Gasteiger partial charge is 0.465 e. The first-order valence-corrected chi connectivity index (χ1v) is 9.19. The van der Waals surface area contributed by atoms with Crippen LogP contribution < -0.4 is 5.32 Å². The summed E-state index contributed by atoms with van der Waals surface area (Å²) in [5.74, 6) is 2.22. The highest BCUT2D eigenvalue weighted by Gasteiger charge is 2.46. The number of carbonyl (C=O) groups excluding carboxylic acids is 1. The number of carbonyl (C=O) groups is 1. The van der Waals surface area contributed by atoms with Gasteiger partial charge < -0.3 is 9.73 Å². The summed E-state index contributed by atoms with van der Waals surface area (Å²) in [7, 11) is 0. The molecule has 5 nitrogen and oxygen atoms in total. The molecule has 2 saturated heterocycles. The van der Waals surface area contributed by atoms with Crippen LogP contribution in [0.4, 0.5) is 0 Å². The Morgan fingerprint density at radius 3 is 2.60 bits per heavy atom. The first kappa shape index (κ1) is 16.3. The van der Waals surface area contributed by atoms with Crippen molar-refractivity contribution in [3.05, 3.63) is 53.7 Å². The fourth-order valence-corrected chi connectivity index (χ4v) is 4.13. The van der Waals surface area contributed by atoms with Crippen molar-refractivity contribution < 1.29 is 9.21 Å². The van der Waals surface area contributed by atoms with E-state index in [1.165, 1.54) is 0 Å². The summed E-state index contributed by atoms with van der Waals surface area (Å²) in [6, 6.07) is 8.07. The summed E-state index contributed by atoms with van der Waals surface area (Å²) in [4.78, 5) is 19.0. The Morgan fingerprint density at radius 2 is 1.92 bits per heavy atom. The van der Waals surface area contributed by atoms with E-state index in [-0.39, 0.29) is 17.4 Å². The molecule has 0 aliphatic carbocycles. The van der Waals surface area contributed by atoms with Gasteiger partial charge in [0.25, 0.3) is 0 Å². The summed E-state index contributed by atoms with van der Waals surface area (Å²) in [6.07, 6.45) is 7.37. The van der Waals surface area contributed by atoms with Gasteiger partial charge in [-0.3, -0.25) is 14.7 Å². The highest BCUT2D eigenvalue weighted by molar-refractivity contribution is 5.87. The molecule has 0 radical (unpaired) electrons. The minimum absolute atomic E-state index is 0.0354. The van der Waals surface area contributed by atoms with Gasteiger partial charge in [-0.1, -0.05) is 6.92 Å². The van der Waals surface area contributed by atoms with E-state index in [2.05, 4.69) is 34.3 Å². The summed E-state index contributed by atoms with van der Waals surface area (Å²) in [5, 5.41) is 3.31. The highest BCUT2D eigenvalue weighted by Crippen LogP contribution is 2.39. The maximum absolute atomic E-state index is 12.5. The molecule has 132 valence electrons. The molecule has 2 aliphatic heterocycles. The molecular weight excluding hydrogens is 314 g/mol. The SMILES string of the molecule is CCc1ccc(CN2CCC3(CC2)C[C@@H](c2ccncc2)C(=O)N3)o1. The van der Waals surface area contributed by atoms with Crippen LogP contribution in [0.5, 0.6) is 0 Å². The first-order chi connectivity index (χ1) is 12.2. The summed E-state index contributed by atoms with van der Waals surface area (Å²) >= 11 is 0. The van der Waals surface area contributed by atoms with Crippen LogP contribution in [0.1, 0.15) is 49.2 Å². The predicted molar refractivity (Wildman–Crippen MR) is 95.1 cm³/mol. The van der Waals surface area contributed by atoms with Crippen molar-refractivity contribution in [2.24, 2.45) is 0 Å². The number of hydrogen-bond acceptors (Lipinski definition) is 4. The molecule has 5 heteroatoms. The first-order valence-electron chi connectivity index (χ1n) is 9.19. The van der Waals surface area contributed by atoms with E-state index in [0.29, 0.717) is 0 Å². The van der Waals surface area contributed by atoms with E-state index in [0.717, 1.165) is 62.4 Å². The van der Waals surface area contributed by atoms with Crippen molar-refractivity contribution in [1.82, 2.24) is 15.2 Å². The molecule has 2 fully saturated rings. The van der Waals surface area contributed by atoms with Crippen molar-refractivity contribution >= 4 is 5.91 Å². The molecule has 1 spiro atoms. The summed E-state index contributed by atoms with van der Waals surface area (Å²) in [6.45, 7) is 4.95. The number of pyridine rings is 1. The fourth-order valence-electron chi connectivity index (χ4n) is 4.13. The Kier molecular flexibility index (Phi) is 4.34. The van der Waals surface area contributed by atoms with Crippen LogP contribution in [0.3, 0.4) is 0 Å². The van der Waals surface area contributed by atoms with Crippen molar-refractivity contribution in [2.75, 3.05) is 13.1 Å². The van der Waals surface area contributed by atoms with Gasteiger partial charge in [-0.25, -0.2) is 0 Å². The number of furan rings is 1. The molecule has 2 aromatic heterocycles. The number of amides is 1. The van der Waals surface area contributed by atoms with Crippen LogP contribution in [-0.4, -0.2) is 34.4 Å². The summed E-state index contributed by atoms with van der Waals surface area (Å²) in [5.41, 5.74) is 1.04. The molecule has 1 atom stereocenters. The van der Waals surface area contributed by atoms with Crippen LogP contribution in [-0.2, 0) is 17.8 Å². The second-order valence-electron chi connectivity index (χ2n) is 7.30. The minimum atomic E-state index is -0.0424. The zero-order chi connectivity index (χ0) is 17.3. The normalized spacial score (nSPS) is 23.1. The molecule has 2 aromatic rings. The van der Waals surface area contributed by atoms with E-state index in [9.17, 15) is 4.79 Å². The molecule has 0 unspecified atom stereocenters. The lowest BCUT2D eigenvalue weighted by molar-refractivity contribution is -0.121. The standard InChI is InChI=1S/C20H25N3O2/c1-2-16-3-4-17(25-16)14-23-11-7-20(8-12-23)13-18(19(24)22-20)15-5-9-21-10-6-15/h3-6,9-10,18H,2,7-8,11-14H2,1H3,(H,22,24)/t18-/m0/s1. The van der Waals surface area contributed by atoms with Crippen molar-refractivity contribution in [1.29, 1.82) is 0 Å². The third-order valence-electron chi connectivity index (χ3n) is 5.67. The van der Waals surface area contributed by atoms with E-state index < -0.39 is 0 Å². The van der Waals surface area contributed by atoms with Gasteiger partial charge in [0, 0.05) is 37.4 Å². The number of rotatable bonds is 4. The second kappa shape index (κ2) is 6.64. The number of likely N-dealkylation sites (tertiary alicyclic amines) is 1. The molecular formula is C20H25N3O2. The zero-order valence-electron chi connectivity index (χ0n) is 14.7. The van der Waals surface area contributed by atoms with Crippen molar-refractivity contribution in [3.8, 4) is 0 Å². The quantitative estimate of drug-likeness (QED) is 0.930. The maximum atomic E-state index is 12.5. The molecule has 1 N–H and O–H groups in total. The lowest BCUT2D eigenvalue weighted by Gasteiger charge is -2.39. The van der Waals surface area contributed by atoms with Gasteiger partial charge in [0.05, 0.1) is 12.5 Å². The molecule has 4 rings (SSSR count). The lowest BCUT2D eigenvalue weighted by atomic mass is 9.82. The number of nitrogens with zero attached hydrogens (tertiary/aromatic N) is 2. The third kappa shape index (κ3) is 3.33. The second-order valence-corrected chi connectivity index (χ2v) is 7.30. The van der Waals surface area contributed by atoms with Crippen LogP contribution >= 0.6 is 0 Å². The van der Waals surface area contributed by atoms with Gasteiger partial charge in [-0.05, 0) is 49.1 Å². The van der Waals surface area contributed by atoms with E-state index >= 15 is 0 Å². The van der Waals surface area contributed by atoms with E-state index in [1.807, 2.05) is 12.1 Å². The van der Waals surface area contributed by atoms with E-state index in [4.69, 9.17) is 4.42 Å². The van der Waals surface area contributed by atoms with Crippen LogP contribution in [0.2, 0.25) is 0 Å². The lowest BCUT2D eigenvalue weighted by Crippen LogP contribution is -2.50. The van der Waals surface area contributed by atoms with Gasteiger partial charge in [-0.15, -0.1) is 0 Å². The zero-order valence-corrected chi connectivity index (χ0v) is 14.7. The Morgan fingerprint density at radius 1 is 1.20 bits per heavy atom.